The number of hydrogen-bond acceptors (Lipinski definition) is 3. The SMILES string of the molecule is C/C(=N\O)c1cccc(NC(=O)C2CCCC2C)c1. The molecule has 0 saturated heterocycles. The van der Waals surface area contributed by atoms with E-state index in [2.05, 4.69) is 17.4 Å². The minimum Gasteiger partial charge on any atom is -0.411 e. The Hall–Kier alpha value is -1.84. The van der Waals surface area contributed by atoms with Gasteiger partial charge in [-0.05, 0) is 37.8 Å². The fourth-order valence-corrected chi connectivity index (χ4v) is 2.65. The summed E-state index contributed by atoms with van der Waals surface area (Å²) in [6, 6.07) is 7.37. The van der Waals surface area contributed by atoms with Crippen molar-refractivity contribution >= 4 is 17.3 Å². The number of benzene rings is 1. The van der Waals surface area contributed by atoms with Crippen molar-refractivity contribution in [2.75, 3.05) is 5.32 Å². The van der Waals surface area contributed by atoms with Crippen LogP contribution in [0.25, 0.3) is 0 Å². The molecule has 1 amide bonds. The molecule has 4 heteroatoms. The first-order chi connectivity index (χ1) is 9.11. The predicted molar refractivity (Wildman–Crippen MR) is 75.6 cm³/mol. The summed E-state index contributed by atoms with van der Waals surface area (Å²) in [5.74, 6) is 0.681. The molecule has 2 N–H and O–H groups in total. The van der Waals surface area contributed by atoms with Gasteiger partial charge in [0.2, 0.25) is 5.91 Å². The second-order valence-corrected chi connectivity index (χ2v) is 5.27. The molecule has 1 aliphatic carbocycles. The number of carbonyl (C=O) groups is 1. The number of rotatable bonds is 3. The van der Waals surface area contributed by atoms with Gasteiger partial charge in [-0.15, -0.1) is 0 Å². The van der Waals surface area contributed by atoms with Gasteiger partial charge in [0.1, 0.15) is 0 Å². The van der Waals surface area contributed by atoms with Gasteiger partial charge in [-0.2, -0.15) is 0 Å². The molecule has 1 fully saturated rings. The van der Waals surface area contributed by atoms with Crippen molar-refractivity contribution in [3.63, 3.8) is 0 Å². The molecule has 1 saturated carbocycles. The molecule has 2 atom stereocenters. The Morgan fingerprint density at radius 1 is 1.42 bits per heavy atom. The molecular weight excluding hydrogens is 240 g/mol. The molecule has 2 rings (SSSR count). The van der Waals surface area contributed by atoms with Crippen LogP contribution in [0.4, 0.5) is 5.69 Å². The van der Waals surface area contributed by atoms with Crippen LogP contribution in [0.1, 0.15) is 38.7 Å². The van der Waals surface area contributed by atoms with Crippen LogP contribution < -0.4 is 5.32 Å². The Balaban J connectivity index is 2.09. The zero-order chi connectivity index (χ0) is 13.8. The van der Waals surface area contributed by atoms with E-state index in [4.69, 9.17) is 5.21 Å². The lowest BCUT2D eigenvalue weighted by Gasteiger charge is -2.15. The molecule has 4 nitrogen and oxygen atoms in total. The number of nitrogens with one attached hydrogen (secondary N) is 1. The van der Waals surface area contributed by atoms with E-state index in [9.17, 15) is 4.79 Å². The highest BCUT2D eigenvalue weighted by Crippen LogP contribution is 2.32. The summed E-state index contributed by atoms with van der Waals surface area (Å²) < 4.78 is 0. The number of carbonyl (C=O) groups excluding carboxylic acids is 1. The van der Waals surface area contributed by atoms with Crippen molar-refractivity contribution < 1.29 is 10.0 Å². The highest BCUT2D eigenvalue weighted by atomic mass is 16.4. The molecule has 102 valence electrons. The van der Waals surface area contributed by atoms with Crippen LogP contribution >= 0.6 is 0 Å². The van der Waals surface area contributed by atoms with Crippen molar-refractivity contribution in [2.24, 2.45) is 17.0 Å². The molecule has 0 bridgehead atoms. The van der Waals surface area contributed by atoms with Gasteiger partial charge in [-0.1, -0.05) is 30.6 Å². The third kappa shape index (κ3) is 3.13. The number of anilines is 1. The van der Waals surface area contributed by atoms with Crippen molar-refractivity contribution in [3.05, 3.63) is 29.8 Å². The Labute approximate surface area is 113 Å². The third-order valence-corrected chi connectivity index (χ3v) is 3.90. The number of nitrogens with zero attached hydrogens (tertiary/aromatic N) is 1. The Morgan fingerprint density at radius 3 is 2.84 bits per heavy atom. The highest BCUT2D eigenvalue weighted by Gasteiger charge is 2.29. The largest absolute Gasteiger partial charge is 0.411 e. The fourth-order valence-electron chi connectivity index (χ4n) is 2.65. The maximum absolute atomic E-state index is 12.2. The van der Waals surface area contributed by atoms with E-state index in [1.165, 1.54) is 0 Å². The van der Waals surface area contributed by atoms with E-state index in [0.717, 1.165) is 30.5 Å². The molecule has 0 aromatic heterocycles. The van der Waals surface area contributed by atoms with Crippen LogP contribution in [0, 0.1) is 11.8 Å². The summed E-state index contributed by atoms with van der Waals surface area (Å²) >= 11 is 0. The summed E-state index contributed by atoms with van der Waals surface area (Å²) in [7, 11) is 0. The molecule has 0 radical (unpaired) electrons. The van der Waals surface area contributed by atoms with Crippen molar-refractivity contribution in [2.45, 2.75) is 33.1 Å². The fraction of sp³-hybridized carbons (Fsp3) is 0.467. The maximum Gasteiger partial charge on any atom is 0.227 e. The van der Waals surface area contributed by atoms with E-state index in [-0.39, 0.29) is 11.8 Å². The maximum atomic E-state index is 12.2. The molecule has 19 heavy (non-hydrogen) atoms. The van der Waals surface area contributed by atoms with Gasteiger partial charge in [-0.25, -0.2) is 0 Å². The first-order valence-electron chi connectivity index (χ1n) is 6.71. The Bertz CT molecular complexity index is 497. The Kier molecular flexibility index (Phi) is 4.20. The van der Waals surface area contributed by atoms with Crippen LogP contribution in [0.5, 0.6) is 0 Å². The summed E-state index contributed by atoms with van der Waals surface area (Å²) in [5.41, 5.74) is 2.09. The monoisotopic (exact) mass is 260 g/mol. The molecule has 0 spiro atoms. The predicted octanol–water partition coefficient (Wildman–Crippen LogP) is 3.26. The topological polar surface area (TPSA) is 61.7 Å². The van der Waals surface area contributed by atoms with E-state index in [1.54, 1.807) is 6.92 Å². The van der Waals surface area contributed by atoms with E-state index < -0.39 is 0 Å². The quantitative estimate of drug-likeness (QED) is 0.498. The normalized spacial score (nSPS) is 23.4. The average Bonchev–Trinajstić information content (AvgIpc) is 2.84. The van der Waals surface area contributed by atoms with Gasteiger partial charge in [-0.3, -0.25) is 4.79 Å². The summed E-state index contributed by atoms with van der Waals surface area (Å²) in [4.78, 5) is 12.2. The summed E-state index contributed by atoms with van der Waals surface area (Å²) in [6.07, 6.45) is 3.24. The van der Waals surface area contributed by atoms with Gasteiger partial charge < -0.3 is 10.5 Å². The summed E-state index contributed by atoms with van der Waals surface area (Å²) in [6.45, 7) is 3.86. The van der Waals surface area contributed by atoms with Gasteiger partial charge in [0.05, 0.1) is 5.71 Å². The van der Waals surface area contributed by atoms with Crippen LogP contribution in [0.2, 0.25) is 0 Å². The lowest BCUT2D eigenvalue weighted by atomic mass is 9.97. The van der Waals surface area contributed by atoms with Crippen molar-refractivity contribution in [1.82, 2.24) is 0 Å². The average molecular weight is 260 g/mol. The van der Waals surface area contributed by atoms with Crippen molar-refractivity contribution in [1.29, 1.82) is 0 Å². The zero-order valence-corrected chi connectivity index (χ0v) is 11.4. The molecule has 0 heterocycles. The first-order valence-corrected chi connectivity index (χ1v) is 6.71. The minimum absolute atomic E-state index is 0.0979. The molecule has 1 aromatic carbocycles. The second kappa shape index (κ2) is 5.87. The molecule has 2 unspecified atom stereocenters. The van der Waals surface area contributed by atoms with Crippen LogP contribution in [-0.2, 0) is 4.79 Å². The first kappa shape index (κ1) is 13.6. The molecule has 1 aromatic rings. The van der Waals surface area contributed by atoms with E-state index in [1.807, 2.05) is 24.3 Å². The molecule has 1 aliphatic rings. The standard InChI is InChI=1S/C15H20N2O2/c1-10-5-3-8-14(10)15(18)16-13-7-4-6-12(9-13)11(2)17-19/h4,6-7,9-10,14,19H,3,5,8H2,1-2H3,(H,16,18)/b17-11+. The molecular formula is C15H20N2O2. The molecule has 0 aliphatic heterocycles. The van der Waals surface area contributed by atoms with E-state index >= 15 is 0 Å². The van der Waals surface area contributed by atoms with Gasteiger partial charge in [0, 0.05) is 17.2 Å². The lowest BCUT2D eigenvalue weighted by Crippen LogP contribution is -2.24. The minimum atomic E-state index is 0.0979. The third-order valence-electron chi connectivity index (χ3n) is 3.90. The van der Waals surface area contributed by atoms with Gasteiger partial charge in [0.25, 0.3) is 0 Å². The number of amides is 1. The van der Waals surface area contributed by atoms with Crippen molar-refractivity contribution in [3.8, 4) is 0 Å². The lowest BCUT2D eigenvalue weighted by molar-refractivity contribution is -0.120. The van der Waals surface area contributed by atoms with E-state index in [0.29, 0.717) is 11.6 Å². The van der Waals surface area contributed by atoms with Crippen LogP contribution in [0.3, 0.4) is 0 Å². The van der Waals surface area contributed by atoms with Crippen LogP contribution in [0.15, 0.2) is 29.4 Å². The van der Waals surface area contributed by atoms with Crippen LogP contribution in [-0.4, -0.2) is 16.8 Å². The Morgan fingerprint density at radius 2 is 2.21 bits per heavy atom. The summed E-state index contributed by atoms with van der Waals surface area (Å²) in [5, 5.41) is 14.9. The second-order valence-electron chi connectivity index (χ2n) is 5.27. The number of hydrogen-bond donors (Lipinski definition) is 2. The smallest absolute Gasteiger partial charge is 0.227 e. The number of oxime groups is 1. The zero-order valence-electron chi connectivity index (χ0n) is 11.4. The van der Waals surface area contributed by atoms with Gasteiger partial charge in [0.15, 0.2) is 0 Å². The highest BCUT2D eigenvalue weighted by molar-refractivity contribution is 6.00. The van der Waals surface area contributed by atoms with Gasteiger partial charge >= 0.3 is 0 Å².